The first-order chi connectivity index (χ1) is 7.98. The molecule has 1 atom stereocenters. The van der Waals surface area contributed by atoms with E-state index in [0.717, 1.165) is 12.8 Å². The van der Waals surface area contributed by atoms with Crippen LogP contribution in [0.4, 0.5) is 0 Å². The molecule has 1 fully saturated rings. The summed E-state index contributed by atoms with van der Waals surface area (Å²) in [6.07, 6.45) is 2.35. The van der Waals surface area contributed by atoms with E-state index in [1.54, 1.807) is 6.92 Å². The lowest BCUT2D eigenvalue weighted by atomic mass is 9.98. The van der Waals surface area contributed by atoms with E-state index < -0.39 is 11.5 Å². The molecule has 6 nitrogen and oxygen atoms in total. The Morgan fingerprint density at radius 2 is 2.12 bits per heavy atom. The van der Waals surface area contributed by atoms with E-state index in [1.165, 1.54) is 7.11 Å². The van der Waals surface area contributed by atoms with Crippen molar-refractivity contribution in [1.82, 2.24) is 10.6 Å². The van der Waals surface area contributed by atoms with E-state index >= 15 is 0 Å². The number of ether oxygens (including phenoxy) is 1. The maximum atomic E-state index is 11.4. The van der Waals surface area contributed by atoms with E-state index in [-0.39, 0.29) is 12.5 Å². The number of methoxy groups -OCH3 is 1. The smallest absolute Gasteiger partial charge is 0.323 e. The van der Waals surface area contributed by atoms with Crippen LogP contribution >= 0.6 is 0 Å². The van der Waals surface area contributed by atoms with Gasteiger partial charge in [0.1, 0.15) is 5.54 Å². The third-order valence-corrected chi connectivity index (χ3v) is 2.86. The van der Waals surface area contributed by atoms with Crippen molar-refractivity contribution in [1.29, 1.82) is 0 Å². The number of hydrogen-bond donors (Lipinski definition) is 3. The number of hydrogen-bond acceptors (Lipinski definition) is 4. The van der Waals surface area contributed by atoms with Crippen molar-refractivity contribution >= 4 is 11.9 Å². The van der Waals surface area contributed by atoms with Crippen LogP contribution in [0.2, 0.25) is 0 Å². The molecule has 1 aliphatic carbocycles. The number of aliphatic carboxylic acids is 1. The molecule has 0 aliphatic heterocycles. The first-order valence-corrected chi connectivity index (χ1v) is 5.74. The van der Waals surface area contributed by atoms with Gasteiger partial charge < -0.3 is 15.2 Å². The second kappa shape index (κ2) is 5.97. The summed E-state index contributed by atoms with van der Waals surface area (Å²) in [5, 5.41) is 14.7. The van der Waals surface area contributed by atoms with Crippen molar-refractivity contribution in [3.05, 3.63) is 0 Å². The van der Waals surface area contributed by atoms with Crippen molar-refractivity contribution < 1.29 is 19.4 Å². The summed E-state index contributed by atoms with van der Waals surface area (Å²) < 4.78 is 4.87. The molecular weight excluding hydrogens is 224 g/mol. The molecule has 1 amide bonds. The molecule has 1 rings (SSSR count). The van der Waals surface area contributed by atoms with Gasteiger partial charge in [-0.2, -0.15) is 0 Å². The quantitative estimate of drug-likeness (QED) is 0.547. The van der Waals surface area contributed by atoms with Gasteiger partial charge in [-0.05, 0) is 26.2 Å². The molecule has 0 saturated heterocycles. The van der Waals surface area contributed by atoms with Crippen molar-refractivity contribution in [3.63, 3.8) is 0 Å². The van der Waals surface area contributed by atoms with E-state index in [2.05, 4.69) is 10.6 Å². The van der Waals surface area contributed by atoms with Crippen LogP contribution in [-0.2, 0) is 14.3 Å². The average Bonchev–Trinajstić information content (AvgIpc) is 3.07. The van der Waals surface area contributed by atoms with Crippen LogP contribution in [-0.4, -0.2) is 48.8 Å². The Hall–Kier alpha value is -1.14. The zero-order valence-electron chi connectivity index (χ0n) is 10.3. The number of amides is 1. The third kappa shape index (κ3) is 4.70. The lowest BCUT2D eigenvalue weighted by Gasteiger charge is -2.25. The Morgan fingerprint density at radius 3 is 2.59 bits per heavy atom. The summed E-state index contributed by atoms with van der Waals surface area (Å²) in [4.78, 5) is 22.6. The van der Waals surface area contributed by atoms with Crippen LogP contribution in [0.3, 0.4) is 0 Å². The molecular formula is C11H20N2O4. The van der Waals surface area contributed by atoms with Gasteiger partial charge >= 0.3 is 5.97 Å². The molecule has 3 N–H and O–H groups in total. The fraction of sp³-hybridized carbons (Fsp3) is 0.818. The van der Waals surface area contributed by atoms with Crippen LogP contribution in [0.15, 0.2) is 0 Å². The predicted octanol–water partition coefficient (Wildman–Crippen LogP) is -0.266. The molecule has 0 heterocycles. The summed E-state index contributed by atoms with van der Waals surface area (Å²) in [6, 6.07) is 0.291. The van der Waals surface area contributed by atoms with Crippen LogP contribution < -0.4 is 10.6 Å². The minimum atomic E-state index is -1.13. The molecule has 0 aromatic carbocycles. The molecule has 1 saturated carbocycles. The van der Waals surface area contributed by atoms with Gasteiger partial charge in [-0.1, -0.05) is 0 Å². The molecule has 98 valence electrons. The zero-order chi connectivity index (χ0) is 12.9. The Bertz CT molecular complexity index is 291. The van der Waals surface area contributed by atoms with Crippen LogP contribution in [0.5, 0.6) is 0 Å². The average molecular weight is 244 g/mol. The summed E-state index contributed by atoms with van der Waals surface area (Å²) in [5.41, 5.74) is -1.13. The Labute approximate surface area is 101 Å². The second-order valence-electron chi connectivity index (χ2n) is 4.58. The summed E-state index contributed by atoms with van der Waals surface area (Å²) in [5.74, 6) is -1.13. The van der Waals surface area contributed by atoms with Gasteiger partial charge in [-0.15, -0.1) is 0 Å². The van der Waals surface area contributed by atoms with Crippen molar-refractivity contribution in [2.45, 2.75) is 37.8 Å². The first-order valence-electron chi connectivity index (χ1n) is 5.74. The van der Waals surface area contributed by atoms with Gasteiger partial charge in [0.2, 0.25) is 5.91 Å². The van der Waals surface area contributed by atoms with E-state index in [9.17, 15) is 9.59 Å². The summed E-state index contributed by atoms with van der Waals surface area (Å²) >= 11 is 0. The van der Waals surface area contributed by atoms with Gasteiger partial charge in [-0.25, -0.2) is 0 Å². The maximum Gasteiger partial charge on any atom is 0.323 e. The van der Waals surface area contributed by atoms with E-state index in [0.29, 0.717) is 19.1 Å². The Kier molecular flexibility index (Phi) is 4.89. The van der Waals surface area contributed by atoms with Gasteiger partial charge in [0.25, 0.3) is 0 Å². The second-order valence-corrected chi connectivity index (χ2v) is 4.58. The van der Waals surface area contributed by atoms with Gasteiger partial charge in [0, 0.05) is 19.8 Å². The largest absolute Gasteiger partial charge is 0.480 e. The summed E-state index contributed by atoms with van der Waals surface area (Å²) in [6.45, 7) is 1.90. The Balaban J connectivity index is 2.36. The molecule has 0 aromatic rings. The fourth-order valence-electron chi connectivity index (χ4n) is 1.36. The Morgan fingerprint density at radius 1 is 1.47 bits per heavy atom. The highest BCUT2D eigenvalue weighted by atomic mass is 16.5. The number of carboxylic acid groups (broad SMARTS) is 1. The van der Waals surface area contributed by atoms with Crippen molar-refractivity contribution in [2.75, 3.05) is 20.3 Å². The molecule has 0 bridgehead atoms. The van der Waals surface area contributed by atoms with Crippen LogP contribution in [0, 0.1) is 0 Å². The number of nitrogens with one attached hydrogen (secondary N) is 2. The number of carbonyl (C=O) groups excluding carboxylic acids is 1. The highest BCUT2D eigenvalue weighted by Gasteiger charge is 2.33. The highest BCUT2D eigenvalue weighted by molar-refractivity contribution is 5.82. The molecule has 17 heavy (non-hydrogen) atoms. The van der Waals surface area contributed by atoms with Crippen molar-refractivity contribution in [2.24, 2.45) is 0 Å². The van der Waals surface area contributed by atoms with E-state index in [1.807, 2.05) is 0 Å². The van der Waals surface area contributed by atoms with Gasteiger partial charge in [0.15, 0.2) is 0 Å². The fourth-order valence-corrected chi connectivity index (χ4v) is 1.36. The van der Waals surface area contributed by atoms with Crippen LogP contribution in [0.25, 0.3) is 0 Å². The molecule has 0 spiro atoms. The first kappa shape index (κ1) is 13.9. The SMILES string of the molecule is COCCC(C)(NCC(=O)NC1CC1)C(=O)O. The lowest BCUT2D eigenvalue weighted by Crippen LogP contribution is -2.53. The third-order valence-electron chi connectivity index (χ3n) is 2.86. The molecule has 6 heteroatoms. The topological polar surface area (TPSA) is 87.7 Å². The predicted molar refractivity (Wildman–Crippen MR) is 61.7 cm³/mol. The molecule has 1 unspecified atom stereocenters. The minimum Gasteiger partial charge on any atom is -0.480 e. The zero-order valence-corrected chi connectivity index (χ0v) is 10.3. The number of carboxylic acids is 1. The van der Waals surface area contributed by atoms with Crippen molar-refractivity contribution in [3.8, 4) is 0 Å². The van der Waals surface area contributed by atoms with Crippen LogP contribution in [0.1, 0.15) is 26.2 Å². The minimum absolute atomic E-state index is 0.0169. The monoisotopic (exact) mass is 244 g/mol. The number of carbonyl (C=O) groups is 2. The summed E-state index contributed by atoms with van der Waals surface area (Å²) in [7, 11) is 1.52. The maximum absolute atomic E-state index is 11.4. The van der Waals surface area contributed by atoms with Gasteiger partial charge in [-0.3, -0.25) is 14.9 Å². The standard InChI is InChI=1S/C11H20N2O4/c1-11(10(15)16,5-6-17-2)12-7-9(14)13-8-3-4-8/h8,12H,3-7H2,1-2H3,(H,13,14)(H,15,16). The lowest BCUT2D eigenvalue weighted by molar-refractivity contribution is -0.145. The molecule has 0 radical (unpaired) electrons. The number of rotatable bonds is 8. The highest BCUT2D eigenvalue weighted by Crippen LogP contribution is 2.18. The van der Waals surface area contributed by atoms with Gasteiger partial charge in [0.05, 0.1) is 6.54 Å². The normalized spacial score (nSPS) is 18.5. The molecule has 1 aliphatic rings. The van der Waals surface area contributed by atoms with E-state index in [4.69, 9.17) is 9.84 Å². The molecule has 0 aromatic heterocycles.